The Bertz CT molecular complexity index is 459. The molecule has 0 heterocycles. The molecule has 6 heteroatoms. The summed E-state index contributed by atoms with van der Waals surface area (Å²) in [6.45, 7) is 5.33. The number of rotatable bonds is 4. The van der Waals surface area contributed by atoms with Crippen LogP contribution in [0.3, 0.4) is 0 Å². The van der Waals surface area contributed by atoms with Crippen molar-refractivity contribution in [1.29, 1.82) is 0 Å². The second-order valence-electron chi connectivity index (χ2n) is 5.42. The Morgan fingerprint density at radius 2 is 2.05 bits per heavy atom. The largest absolute Gasteiger partial charge is 0.444 e. The summed E-state index contributed by atoms with van der Waals surface area (Å²) in [5.74, 6) is 0. The Morgan fingerprint density at radius 1 is 1.40 bits per heavy atom. The van der Waals surface area contributed by atoms with Crippen LogP contribution in [0.1, 0.15) is 32.4 Å². The van der Waals surface area contributed by atoms with Crippen molar-refractivity contribution in [3.63, 3.8) is 0 Å². The minimum atomic E-state index is -1.02. The van der Waals surface area contributed by atoms with Gasteiger partial charge in [-0.2, -0.15) is 0 Å². The smallest absolute Gasteiger partial charge is 0.412 e. The molecular formula is C14H20BrNO4. The van der Waals surface area contributed by atoms with Gasteiger partial charge in [0.1, 0.15) is 11.7 Å². The Hall–Kier alpha value is -1.11. The fraction of sp³-hybridized carbons (Fsp3) is 0.500. The lowest BCUT2D eigenvalue weighted by molar-refractivity contribution is 0.0343. The third-order valence-corrected chi connectivity index (χ3v) is 3.06. The van der Waals surface area contributed by atoms with Crippen molar-refractivity contribution < 1.29 is 19.7 Å². The van der Waals surface area contributed by atoms with Crippen molar-refractivity contribution in [1.82, 2.24) is 0 Å². The van der Waals surface area contributed by atoms with Gasteiger partial charge in [0.2, 0.25) is 0 Å². The number of amides is 1. The SMILES string of the molecule is CC(C)(C)OC(=O)Nc1cccc(C(O)C(O)CBr)c1. The van der Waals surface area contributed by atoms with E-state index in [1.807, 2.05) is 0 Å². The number of halogens is 1. The van der Waals surface area contributed by atoms with Crippen LogP contribution < -0.4 is 5.32 Å². The summed E-state index contributed by atoms with van der Waals surface area (Å²) in [4.78, 5) is 11.6. The van der Waals surface area contributed by atoms with Crippen LogP contribution in [0.15, 0.2) is 24.3 Å². The molecule has 1 amide bonds. The molecule has 2 atom stereocenters. The second kappa shape index (κ2) is 7.06. The fourth-order valence-corrected chi connectivity index (χ4v) is 1.88. The predicted molar refractivity (Wildman–Crippen MR) is 81.1 cm³/mol. The Kier molecular flexibility index (Phi) is 5.98. The molecule has 0 fully saturated rings. The summed E-state index contributed by atoms with van der Waals surface area (Å²) < 4.78 is 5.14. The maximum atomic E-state index is 11.6. The van der Waals surface area contributed by atoms with Crippen molar-refractivity contribution in [2.24, 2.45) is 0 Å². The molecule has 0 saturated heterocycles. The lowest BCUT2D eigenvalue weighted by Crippen LogP contribution is -2.27. The van der Waals surface area contributed by atoms with E-state index in [0.717, 1.165) is 0 Å². The first-order chi connectivity index (χ1) is 9.23. The van der Waals surface area contributed by atoms with Crippen LogP contribution in [0.25, 0.3) is 0 Å². The van der Waals surface area contributed by atoms with E-state index in [4.69, 9.17) is 4.74 Å². The highest BCUT2D eigenvalue weighted by Crippen LogP contribution is 2.22. The summed E-state index contributed by atoms with van der Waals surface area (Å²) in [6.07, 6.45) is -2.49. The van der Waals surface area contributed by atoms with E-state index >= 15 is 0 Å². The summed E-state index contributed by atoms with van der Waals surface area (Å²) in [5.41, 5.74) is 0.441. The van der Waals surface area contributed by atoms with Gasteiger partial charge in [-0.05, 0) is 38.5 Å². The molecule has 0 radical (unpaired) electrons. The first-order valence-electron chi connectivity index (χ1n) is 6.25. The van der Waals surface area contributed by atoms with Gasteiger partial charge in [-0.15, -0.1) is 0 Å². The first-order valence-corrected chi connectivity index (χ1v) is 7.37. The maximum absolute atomic E-state index is 11.6. The fourth-order valence-electron chi connectivity index (χ4n) is 1.53. The number of hydrogen-bond donors (Lipinski definition) is 3. The summed E-state index contributed by atoms with van der Waals surface area (Å²) in [5, 5.41) is 22.4. The average Bonchev–Trinajstić information content (AvgIpc) is 2.34. The summed E-state index contributed by atoms with van der Waals surface area (Å²) >= 11 is 3.10. The Morgan fingerprint density at radius 3 is 2.60 bits per heavy atom. The topological polar surface area (TPSA) is 78.8 Å². The van der Waals surface area contributed by atoms with Crippen molar-refractivity contribution in [2.75, 3.05) is 10.6 Å². The number of nitrogens with one attached hydrogen (secondary N) is 1. The number of aliphatic hydroxyl groups excluding tert-OH is 2. The van der Waals surface area contributed by atoms with Gasteiger partial charge in [0, 0.05) is 11.0 Å². The number of benzene rings is 1. The van der Waals surface area contributed by atoms with Crippen LogP contribution in [-0.4, -0.2) is 33.3 Å². The van der Waals surface area contributed by atoms with E-state index in [-0.39, 0.29) is 5.33 Å². The van der Waals surface area contributed by atoms with Gasteiger partial charge >= 0.3 is 6.09 Å². The third kappa shape index (κ3) is 5.48. The zero-order chi connectivity index (χ0) is 15.3. The van der Waals surface area contributed by atoms with Crippen LogP contribution in [-0.2, 0) is 4.74 Å². The molecule has 112 valence electrons. The van der Waals surface area contributed by atoms with Crippen molar-refractivity contribution >= 4 is 27.7 Å². The van der Waals surface area contributed by atoms with E-state index in [1.165, 1.54) is 0 Å². The van der Waals surface area contributed by atoms with Crippen molar-refractivity contribution in [2.45, 2.75) is 38.6 Å². The van der Waals surface area contributed by atoms with Gasteiger partial charge in [-0.1, -0.05) is 28.1 Å². The summed E-state index contributed by atoms with van der Waals surface area (Å²) in [6, 6.07) is 6.64. The highest BCUT2D eigenvalue weighted by molar-refractivity contribution is 9.09. The number of anilines is 1. The number of carbonyl (C=O) groups excluding carboxylic acids is 1. The minimum Gasteiger partial charge on any atom is -0.444 e. The zero-order valence-electron chi connectivity index (χ0n) is 11.8. The first kappa shape index (κ1) is 16.9. The number of aliphatic hydroxyl groups is 2. The van der Waals surface area contributed by atoms with Gasteiger partial charge in [0.25, 0.3) is 0 Å². The van der Waals surface area contributed by atoms with Crippen LogP contribution in [0.4, 0.5) is 10.5 Å². The molecule has 0 bridgehead atoms. The summed E-state index contributed by atoms with van der Waals surface area (Å²) in [7, 11) is 0. The second-order valence-corrected chi connectivity index (χ2v) is 6.07. The minimum absolute atomic E-state index is 0.262. The maximum Gasteiger partial charge on any atom is 0.412 e. The van der Waals surface area contributed by atoms with Crippen LogP contribution in [0.2, 0.25) is 0 Å². The highest BCUT2D eigenvalue weighted by atomic mass is 79.9. The van der Waals surface area contributed by atoms with E-state index in [0.29, 0.717) is 11.3 Å². The van der Waals surface area contributed by atoms with Gasteiger partial charge in [0.15, 0.2) is 0 Å². The third-order valence-electron chi connectivity index (χ3n) is 2.40. The van der Waals surface area contributed by atoms with E-state index < -0.39 is 23.9 Å². The molecule has 0 aromatic heterocycles. The predicted octanol–water partition coefficient (Wildman–Crippen LogP) is 2.82. The Balaban J connectivity index is 2.76. The molecular weight excluding hydrogens is 326 g/mol. The van der Waals surface area contributed by atoms with Gasteiger partial charge in [0.05, 0.1) is 6.10 Å². The number of carbonyl (C=O) groups is 1. The van der Waals surface area contributed by atoms with E-state index in [2.05, 4.69) is 21.2 Å². The molecule has 2 unspecified atom stereocenters. The molecule has 0 spiro atoms. The monoisotopic (exact) mass is 345 g/mol. The standard InChI is InChI=1S/C14H20BrNO4/c1-14(2,3)20-13(19)16-10-6-4-5-9(7-10)12(18)11(17)8-15/h4-7,11-12,17-18H,8H2,1-3H3,(H,16,19). The number of hydrogen-bond acceptors (Lipinski definition) is 4. The van der Waals surface area contributed by atoms with Crippen molar-refractivity contribution in [3.8, 4) is 0 Å². The van der Waals surface area contributed by atoms with Crippen molar-refractivity contribution in [3.05, 3.63) is 29.8 Å². The van der Waals surface area contributed by atoms with Crippen LogP contribution in [0.5, 0.6) is 0 Å². The molecule has 0 aliphatic heterocycles. The van der Waals surface area contributed by atoms with Gasteiger partial charge < -0.3 is 14.9 Å². The Labute approximate surface area is 127 Å². The zero-order valence-corrected chi connectivity index (χ0v) is 13.3. The van der Waals surface area contributed by atoms with Gasteiger partial charge in [-0.25, -0.2) is 4.79 Å². The molecule has 3 N–H and O–H groups in total. The molecule has 0 aliphatic rings. The molecule has 0 aliphatic carbocycles. The quantitative estimate of drug-likeness (QED) is 0.733. The molecule has 1 aromatic carbocycles. The number of ether oxygens (including phenoxy) is 1. The molecule has 1 rings (SSSR count). The molecule has 5 nitrogen and oxygen atoms in total. The lowest BCUT2D eigenvalue weighted by Gasteiger charge is -2.20. The van der Waals surface area contributed by atoms with Crippen LogP contribution in [0, 0.1) is 0 Å². The molecule has 0 saturated carbocycles. The van der Waals surface area contributed by atoms with Crippen LogP contribution >= 0.6 is 15.9 Å². The molecule has 1 aromatic rings. The number of alkyl halides is 1. The lowest BCUT2D eigenvalue weighted by atomic mass is 10.0. The van der Waals surface area contributed by atoms with E-state index in [1.54, 1.807) is 45.0 Å². The normalized spacial score (nSPS) is 14.5. The molecule has 20 heavy (non-hydrogen) atoms. The highest BCUT2D eigenvalue weighted by Gasteiger charge is 2.19. The van der Waals surface area contributed by atoms with Gasteiger partial charge in [-0.3, -0.25) is 5.32 Å². The van der Waals surface area contributed by atoms with E-state index in [9.17, 15) is 15.0 Å². The average molecular weight is 346 g/mol.